The lowest BCUT2D eigenvalue weighted by molar-refractivity contribution is -0.117. The molecule has 2 N–H and O–H groups in total. The van der Waals surface area contributed by atoms with Gasteiger partial charge in [0.15, 0.2) is 11.6 Å². The third-order valence-corrected chi connectivity index (χ3v) is 3.79. The zero-order valence-corrected chi connectivity index (χ0v) is 13.6. The van der Waals surface area contributed by atoms with Gasteiger partial charge in [0.2, 0.25) is 5.91 Å². The maximum Gasteiger partial charge on any atom is 0.288 e. The predicted molar refractivity (Wildman–Crippen MR) is 88.5 cm³/mol. The zero-order valence-electron chi connectivity index (χ0n) is 13.6. The Balaban J connectivity index is 2.08. The Morgan fingerprint density at radius 3 is 2.71 bits per heavy atom. The average molecular weight is 325 g/mol. The van der Waals surface area contributed by atoms with Crippen LogP contribution in [0.25, 0.3) is 11.3 Å². The topological polar surface area (TPSA) is 112 Å². The molecule has 123 valence electrons. The molecule has 0 spiro atoms. The fraction of sp³-hybridized carbons (Fsp3) is 0.312. The number of anilines is 2. The van der Waals surface area contributed by atoms with Crippen molar-refractivity contribution in [2.45, 2.75) is 26.8 Å². The van der Waals surface area contributed by atoms with E-state index in [1.807, 2.05) is 20.8 Å². The second-order valence-electron chi connectivity index (χ2n) is 5.85. The van der Waals surface area contributed by atoms with E-state index in [0.717, 1.165) is 5.56 Å². The van der Waals surface area contributed by atoms with Gasteiger partial charge in [0, 0.05) is 17.8 Å². The summed E-state index contributed by atoms with van der Waals surface area (Å²) in [6.07, 6.45) is 3.11. The second-order valence-corrected chi connectivity index (χ2v) is 5.85. The Kier molecular flexibility index (Phi) is 3.88. The Morgan fingerprint density at radius 2 is 2.08 bits per heavy atom. The van der Waals surface area contributed by atoms with Crippen molar-refractivity contribution in [2.24, 2.45) is 0 Å². The first-order valence-electron chi connectivity index (χ1n) is 7.54. The summed E-state index contributed by atoms with van der Waals surface area (Å²) >= 11 is 0. The van der Waals surface area contributed by atoms with Crippen molar-refractivity contribution in [3.63, 3.8) is 0 Å². The van der Waals surface area contributed by atoms with Gasteiger partial charge in [-0.05, 0) is 32.4 Å². The number of hydrogen-bond donors (Lipinski definition) is 1. The molecule has 2 aromatic heterocycles. The van der Waals surface area contributed by atoms with Crippen LogP contribution in [0.2, 0.25) is 0 Å². The van der Waals surface area contributed by atoms with E-state index in [4.69, 9.17) is 5.73 Å². The van der Waals surface area contributed by atoms with Crippen LogP contribution in [-0.4, -0.2) is 39.4 Å². The van der Waals surface area contributed by atoms with Gasteiger partial charge in [-0.2, -0.15) is 0 Å². The monoisotopic (exact) mass is 325 g/mol. The molecule has 8 nitrogen and oxygen atoms in total. The minimum Gasteiger partial charge on any atom is -0.358 e. The fourth-order valence-corrected chi connectivity index (χ4v) is 2.65. The van der Waals surface area contributed by atoms with Gasteiger partial charge in [-0.25, -0.2) is 9.97 Å². The first-order valence-corrected chi connectivity index (χ1v) is 7.54. The second kappa shape index (κ2) is 5.88. The minimum atomic E-state index is -0.832. The Bertz CT molecular complexity index is 833. The number of nitrogens with zero attached hydrogens (tertiary/aromatic N) is 4. The summed E-state index contributed by atoms with van der Waals surface area (Å²) in [6, 6.07) is 1.51. The van der Waals surface area contributed by atoms with Gasteiger partial charge in [0.25, 0.3) is 5.91 Å². The van der Waals surface area contributed by atoms with Crippen LogP contribution < -0.4 is 16.0 Å². The van der Waals surface area contributed by atoms with E-state index < -0.39 is 5.91 Å². The van der Waals surface area contributed by atoms with Crippen molar-refractivity contribution in [1.29, 1.82) is 0 Å². The highest BCUT2D eigenvalue weighted by atomic mass is 16.2. The molecule has 8 heteroatoms. The average Bonchev–Trinajstić information content (AvgIpc) is 2.53. The normalized spacial score (nSPS) is 13.7. The third kappa shape index (κ3) is 2.66. The summed E-state index contributed by atoms with van der Waals surface area (Å²) in [5.41, 5.74) is 9.25. The smallest absolute Gasteiger partial charge is 0.288 e. The molecule has 0 aliphatic carbocycles. The summed E-state index contributed by atoms with van der Waals surface area (Å²) in [5, 5.41) is 2.96. The van der Waals surface area contributed by atoms with Gasteiger partial charge in [0.05, 0.1) is 18.4 Å². The van der Waals surface area contributed by atoms with Gasteiger partial charge in [-0.1, -0.05) is 0 Å². The number of hydrogen-bond acceptors (Lipinski definition) is 6. The van der Waals surface area contributed by atoms with Crippen LogP contribution in [0.4, 0.5) is 11.6 Å². The summed E-state index contributed by atoms with van der Waals surface area (Å²) in [6.45, 7) is 5.85. The van der Waals surface area contributed by atoms with E-state index in [1.165, 1.54) is 6.20 Å². The molecular formula is C16H17N6O2. The molecule has 3 rings (SSSR count). The molecule has 0 fully saturated rings. The summed E-state index contributed by atoms with van der Waals surface area (Å²) < 4.78 is 0. The maximum atomic E-state index is 12.2. The number of aryl methyl sites for hydroxylation is 1. The van der Waals surface area contributed by atoms with Gasteiger partial charge >= 0.3 is 0 Å². The van der Waals surface area contributed by atoms with Crippen molar-refractivity contribution in [3.8, 4) is 11.3 Å². The number of rotatable bonds is 3. The van der Waals surface area contributed by atoms with Gasteiger partial charge in [0.1, 0.15) is 5.69 Å². The molecule has 24 heavy (non-hydrogen) atoms. The highest BCUT2D eigenvalue weighted by Gasteiger charge is 2.29. The molecule has 0 unspecified atom stereocenters. The Morgan fingerprint density at radius 1 is 1.33 bits per heavy atom. The lowest BCUT2D eigenvalue weighted by atomic mass is 10.1. The van der Waals surface area contributed by atoms with Crippen molar-refractivity contribution in [1.82, 2.24) is 20.7 Å². The van der Waals surface area contributed by atoms with Crippen LogP contribution in [0.3, 0.4) is 0 Å². The number of fused-ring (bicyclic) bond motifs is 1. The van der Waals surface area contributed by atoms with E-state index in [-0.39, 0.29) is 24.2 Å². The minimum absolute atomic E-state index is 0.0366. The number of amides is 2. The third-order valence-electron chi connectivity index (χ3n) is 3.79. The number of carbonyl (C=O) groups excluding carboxylic acids is 2. The first kappa shape index (κ1) is 15.9. The highest BCUT2D eigenvalue weighted by molar-refractivity contribution is 6.01. The van der Waals surface area contributed by atoms with Crippen LogP contribution >= 0.6 is 0 Å². The van der Waals surface area contributed by atoms with Crippen LogP contribution in [0.15, 0.2) is 18.5 Å². The fourth-order valence-electron chi connectivity index (χ4n) is 2.65. The predicted octanol–water partition coefficient (Wildman–Crippen LogP) is 1.44. The number of pyridine rings is 1. The summed E-state index contributed by atoms with van der Waals surface area (Å²) in [4.78, 5) is 37.8. The molecule has 0 saturated heterocycles. The molecule has 1 radical (unpaired) electrons. The van der Waals surface area contributed by atoms with E-state index in [1.54, 1.807) is 17.2 Å². The number of carbonyl (C=O) groups is 2. The zero-order chi connectivity index (χ0) is 17.4. The van der Waals surface area contributed by atoms with Crippen molar-refractivity contribution in [3.05, 3.63) is 29.7 Å². The van der Waals surface area contributed by atoms with Crippen LogP contribution in [0, 0.1) is 6.92 Å². The number of aromatic nitrogens is 3. The molecule has 2 amide bonds. The van der Waals surface area contributed by atoms with Crippen molar-refractivity contribution in [2.75, 3.05) is 16.8 Å². The lowest BCUT2D eigenvalue weighted by Gasteiger charge is -2.31. The van der Waals surface area contributed by atoms with Crippen molar-refractivity contribution >= 4 is 23.5 Å². The van der Waals surface area contributed by atoms with E-state index in [9.17, 15) is 9.59 Å². The SMILES string of the molecule is Cc1cc(C([NH])=O)ncc1-c1cnc2c(n1)N(C(C)C)C(=O)CN2. The van der Waals surface area contributed by atoms with E-state index >= 15 is 0 Å². The van der Waals surface area contributed by atoms with Crippen LogP contribution in [0.1, 0.15) is 29.9 Å². The molecule has 0 aromatic carbocycles. The van der Waals surface area contributed by atoms with E-state index in [0.29, 0.717) is 22.9 Å². The molecule has 1 aliphatic rings. The lowest BCUT2D eigenvalue weighted by Crippen LogP contribution is -2.45. The molecule has 2 aromatic rings. The number of nitrogens with one attached hydrogen (secondary N) is 2. The quantitative estimate of drug-likeness (QED) is 0.913. The van der Waals surface area contributed by atoms with Gasteiger partial charge in [-0.15, -0.1) is 0 Å². The van der Waals surface area contributed by atoms with Gasteiger partial charge < -0.3 is 5.32 Å². The van der Waals surface area contributed by atoms with E-state index in [2.05, 4.69) is 20.3 Å². The van der Waals surface area contributed by atoms with Gasteiger partial charge in [-0.3, -0.25) is 25.2 Å². The van der Waals surface area contributed by atoms with Crippen LogP contribution in [-0.2, 0) is 4.79 Å². The molecule has 3 heterocycles. The summed E-state index contributed by atoms with van der Waals surface area (Å²) in [5.74, 6) is 0.158. The first-order chi connectivity index (χ1) is 11.4. The Hall–Kier alpha value is -3.03. The largest absolute Gasteiger partial charge is 0.358 e. The maximum absolute atomic E-state index is 12.2. The highest BCUT2D eigenvalue weighted by Crippen LogP contribution is 2.30. The molecule has 0 saturated carbocycles. The molecule has 0 atom stereocenters. The molecular weight excluding hydrogens is 308 g/mol. The standard InChI is InChI=1S/C16H17N6O2/c1-8(2)22-13(23)7-20-15-16(22)21-12(6-19-15)10-5-18-11(14(17)24)4-9(10)3/h4-6,8,17H,7H2,1-3H3,(H,19,20). The summed E-state index contributed by atoms with van der Waals surface area (Å²) in [7, 11) is 0. The Labute approximate surface area is 139 Å². The van der Waals surface area contributed by atoms with Crippen LogP contribution in [0.5, 0.6) is 0 Å². The van der Waals surface area contributed by atoms with Crippen molar-refractivity contribution < 1.29 is 9.59 Å². The molecule has 1 aliphatic heterocycles. The molecule has 0 bridgehead atoms.